The summed E-state index contributed by atoms with van der Waals surface area (Å²) in [6.07, 6.45) is 0.346. The first-order valence-electron chi connectivity index (χ1n) is 9.38. The summed E-state index contributed by atoms with van der Waals surface area (Å²) < 4.78 is 27.5. The summed E-state index contributed by atoms with van der Waals surface area (Å²) in [6, 6.07) is 15.0. The van der Waals surface area contributed by atoms with Crippen molar-refractivity contribution < 1.29 is 13.2 Å². The Morgan fingerprint density at radius 2 is 1.76 bits per heavy atom. The minimum atomic E-state index is -3.34. The fraction of sp³-hybridized carbons (Fsp3) is 0.350. The van der Waals surface area contributed by atoms with Gasteiger partial charge in [0.1, 0.15) is 0 Å². The van der Waals surface area contributed by atoms with Crippen LogP contribution in [0.5, 0.6) is 0 Å². The number of rotatable bonds is 7. The van der Waals surface area contributed by atoms with E-state index in [2.05, 4.69) is 26.1 Å². The number of nitrogens with one attached hydrogen (secondary N) is 1. The minimum absolute atomic E-state index is 0.00479. The van der Waals surface area contributed by atoms with E-state index in [-0.39, 0.29) is 18.2 Å². The molecule has 9 heteroatoms. The summed E-state index contributed by atoms with van der Waals surface area (Å²) in [5.41, 5.74) is 1.47. The Bertz CT molecular complexity index is 949. The third-order valence-electron chi connectivity index (χ3n) is 4.79. The molecule has 1 N–H and O–H groups in total. The van der Waals surface area contributed by atoms with Crippen molar-refractivity contribution in [3.63, 3.8) is 0 Å². The van der Waals surface area contributed by atoms with Gasteiger partial charge in [0.25, 0.3) is 5.91 Å². The van der Waals surface area contributed by atoms with Gasteiger partial charge in [0.05, 0.1) is 16.3 Å². The summed E-state index contributed by atoms with van der Waals surface area (Å²) in [6.45, 7) is 2.54. The molecule has 6 nitrogen and oxygen atoms in total. The van der Waals surface area contributed by atoms with E-state index >= 15 is 0 Å². The maximum Gasteiger partial charge on any atom is 0.252 e. The Hall–Kier alpha value is -1.61. The first-order valence-corrected chi connectivity index (χ1v) is 12.2. The Morgan fingerprint density at radius 1 is 1.07 bits per heavy atom. The van der Waals surface area contributed by atoms with Crippen molar-refractivity contribution in [3.8, 4) is 0 Å². The lowest BCUT2D eigenvalue weighted by Gasteiger charge is -2.35. The zero-order valence-electron chi connectivity index (χ0n) is 15.9. The fourth-order valence-corrected chi connectivity index (χ4v) is 5.27. The van der Waals surface area contributed by atoms with Gasteiger partial charge in [0.15, 0.2) is 0 Å². The number of nitrogens with zero attached hydrogens (tertiary/aromatic N) is 2. The highest BCUT2D eigenvalue weighted by Gasteiger charge is 2.26. The third-order valence-corrected chi connectivity index (χ3v) is 7.57. The number of amides is 1. The van der Waals surface area contributed by atoms with Crippen molar-refractivity contribution in [3.05, 3.63) is 63.6 Å². The van der Waals surface area contributed by atoms with E-state index in [9.17, 15) is 13.2 Å². The summed E-state index contributed by atoms with van der Waals surface area (Å²) >= 11 is 9.35. The third kappa shape index (κ3) is 5.94. The molecule has 0 aliphatic carbocycles. The molecule has 0 saturated carbocycles. The Morgan fingerprint density at radius 3 is 2.45 bits per heavy atom. The number of anilines is 1. The standard InChI is InChI=1S/C20H23BrClN3O3S/c21-16-7-8-19(22)18(15-16)20(26)23-9-4-14-29(27,28)25-12-10-24(11-13-25)17-5-2-1-3-6-17/h1-3,5-8,15H,4,9-14H2,(H,23,26). The number of sulfonamides is 1. The average Bonchev–Trinajstić information content (AvgIpc) is 2.73. The van der Waals surface area contributed by atoms with Gasteiger partial charge < -0.3 is 10.2 Å². The van der Waals surface area contributed by atoms with E-state index in [1.54, 1.807) is 22.5 Å². The maximum atomic E-state index is 12.6. The van der Waals surface area contributed by atoms with Crippen molar-refractivity contribution >= 4 is 49.1 Å². The second kappa shape index (κ2) is 9.93. The van der Waals surface area contributed by atoms with E-state index in [0.717, 1.165) is 10.2 Å². The topological polar surface area (TPSA) is 69.7 Å². The number of para-hydroxylation sites is 1. The fourth-order valence-electron chi connectivity index (χ4n) is 3.22. The Labute approximate surface area is 185 Å². The molecule has 2 aromatic carbocycles. The number of halogens is 2. The summed E-state index contributed by atoms with van der Waals surface area (Å²) in [5, 5.41) is 3.09. The number of carbonyl (C=O) groups is 1. The lowest BCUT2D eigenvalue weighted by atomic mass is 10.2. The lowest BCUT2D eigenvalue weighted by molar-refractivity contribution is 0.0953. The van der Waals surface area contributed by atoms with Crippen LogP contribution in [0, 0.1) is 0 Å². The van der Waals surface area contributed by atoms with Gasteiger partial charge in [0.2, 0.25) is 10.0 Å². The molecule has 0 aromatic heterocycles. The van der Waals surface area contributed by atoms with Crippen molar-refractivity contribution in [2.24, 2.45) is 0 Å². The molecule has 0 bridgehead atoms. The van der Waals surface area contributed by atoms with Gasteiger partial charge in [-0.3, -0.25) is 4.79 Å². The Kier molecular flexibility index (Phi) is 7.56. The van der Waals surface area contributed by atoms with Gasteiger partial charge in [-0.2, -0.15) is 4.31 Å². The highest BCUT2D eigenvalue weighted by Crippen LogP contribution is 2.21. The molecule has 2 aromatic rings. The van der Waals surface area contributed by atoms with E-state index in [1.807, 2.05) is 30.3 Å². The van der Waals surface area contributed by atoms with Crippen LogP contribution in [0.4, 0.5) is 5.69 Å². The van der Waals surface area contributed by atoms with Gasteiger partial charge in [-0.25, -0.2) is 8.42 Å². The SMILES string of the molecule is O=C(NCCCS(=O)(=O)N1CCN(c2ccccc2)CC1)c1cc(Br)ccc1Cl. The first kappa shape index (κ1) is 22.1. The minimum Gasteiger partial charge on any atom is -0.369 e. The molecule has 1 aliphatic rings. The zero-order chi connectivity index (χ0) is 20.9. The summed E-state index contributed by atoms with van der Waals surface area (Å²) in [4.78, 5) is 14.4. The number of piperazine rings is 1. The average molecular weight is 501 g/mol. The van der Waals surface area contributed by atoms with Crippen LogP contribution >= 0.6 is 27.5 Å². The van der Waals surface area contributed by atoms with Crippen molar-refractivity contribution in [2.75, 3.05) is 43.4 Å². The lowest BCUT2D eigenvalue weighted by Crippen LogP contribution is -2.49. The molecule has 0 atom stereocenters. The monoisotopic (exact) mass is 499 g/mol. The molecule has 1 aliphatic heterocycles. The molecule has 0 spiro atoms. The zero-order valence-corrected chi connectivity index (χ0v) is 19.0. The van der Waals surface area contributed by atoms with Crippen LogP contribution in [0.1, 0.15) is 16.8 Å². The normalized spacial score (nSPS) is 15.3. The van der Waals surface area contributed by atoms with Crippen molar-refractivity contribution in [1.82, 2.24) is 9.62 Å². The number of benzene rings is 2. The molecule has 29 heavy (non-hydrogen) atoms. The van der Waals surface area contributed by atoms with Gasteiger partial charge in [-0.1, -0.05) is 45.7 Å². The van der Waals surface area contributed by atoms with Crippen LogP contribution in [0.2, 0.25) is 5.02 Å². The van der Waals surface area contributed by atoms with E-state index in [1.165, 1.54) is 0 Å². The second-order valence-electron chi connectivity index (χ2n) is 6.77. The predicted octanol–water partition coefficient (Wildman–Crippen LogP) is 3.37. The largest absolute Gasteiger partial charge is 0.369 e. The first-order chi connectivity index (χ1) is 13.9. The van der Waals surface area contributed by atoms with Crippen LogP contribution in [-0.2, 0) is 10.0 Å². The molecule has 1 heterocycles. The van der Waals surface area contributed by atoms with Gasteiger partial charge in [-0.15, -0.1) is 0 Å². The van der Waals surface area contributed by atoms with Crippen molar-refractivity contribution in [2.45, 2.75) is 6.42 Å². The number of hydrogen-bond acceptors (Lipinski definition) is 4. The van der Waals surface area contributed by atoms with E-state index in [0.29, 0.717) is 43.2 Å². The molecular weight excluding hydrogens is 478 g/mol. The molecule has 156 valence electrons. The molecule has 1 saturated heterocycles. The molecule has 0 radical (unpaired) electrons. The summed E-state index contributed by atoms with van der Waals surface area (Å²) in [7, 11) is -3.34. The van der Waals surface area contributed by atoms with Gasteiger partial charge in [0, 0.05) is 42.9 Å². The van der Waals surface area contributed by atoms with Crippen molar-refractivity contribution in [1.29, 1.82) is 0 Å². The smallest absolute Gasteiger partial charge is 0.252 e. The molecule has 1 fully saturated rings. The molecule has 3 rings (SSSR count). The van der Waals surface area contributed by atoms with Crippen LogP contribution < -0.4 is 10.2 Å². The maximum absolute atomic E-state index is 12.6. The summed E-state index contributed by atoms with van der Waals surface area (Å²) in [5.74, 6) is -0.310. The number of carbonyl (C=O) groups excluding carboxylic acids is 1. The van der Waals surface area contributed by atoms with Crippen LogP contribution in [0.25, 0.3) is 0 Å². The number of hydrogen-bond donors (Lipinski definition) is 1. The van der Waals surface area contributed by atoms with Gasteiger partial charge in [-0.05, 0) is 36.8 Å². The van der Waals surface area contributed by atoms with Crippen LogP contribution in [-0.4, -0.2) is 57.1 Å². The van der Waals surface area contributed by atoms with E-state index < -0.39 is 10.0 Å². The second-order valence-corrected chi connectivity index (χ2v) is 10.2. The molecular formula is C20H23BrClN3O3S. The van der Waals surface area contributed by atoms with E-state index in [4.69, 9.17) is 11.6 Å². The predicted molar refractivity (Wildman–Crippen MR) is 120 cm³/mol. The Balaban J connectivity index is 1.44. The van der Waals surface area contributed by atoms with Gasteiger partial charge >= 0.3 is 0 Å². The highest BCUT2D eigenvalue weighted by atomic mass is 79.9. The van der Waals surface area contributed by atoms with Crippen LogP contribution in [0.3, 0.4) is 0 Å². The molecule has 0 unspecified atom stereocenters. The highest BCUT2D eigenvalue weighted by molar-refractivity contribution is 9.10. The van der Waals surface area contributed by atoms with Crippen LogP contribution in [0.15, 0.2) is 53.0 Å². The quantitative estimate of drug-likeness (QED) is 0.592. The molecule has 1 amide bonds.